The molecular formula is C16H18FNO. The highest BCUT2D eigenvalue weighted by Crippen LogP contribution is 2.37. The van der Waals surface area contributed by atoms with Crippen LogP contribution in [0, 0.1) is 26.6 Å². The Labute approximate surface area is 113 Å². The van der Waals surface area contributed by atoms with E-state index in [9.17, 15) is 4.39 Å². The molecule has 0 heterocycles. The van der Waals surface area contributed by atoms with Gasteiger partial charge in [-0.15, -0.1) is 0 Å². The Hall–Kier alpha value is -2.03. The van der Waals surface area contributed by atoms with Crippen molar-refractivity contribution in [3.8, 4) is 16.9 Å². The van der Waals surface area contributed by atoms with E-state index in [1.165, 1.54) is 6.07 Å². The number of ether oxygens (including phenoxy) is 1. The van der Waals surface area contributed by atoms with Gasteiger partial charge in [0.1, 0.15) is 11.6 Å². The molecule has 0 aliphatic rings. The minimum absolute atomic E-state index is 0.281. The van der Waals surface area contributed by atoms with Gasteiger partial charge >= 0.3 is 0 Å². The fourth-order valence-corrected chi connectivity index (χ4v) is 2.32. The van der Waals surface area contributed by atoms with Crippen LogP contribution in [0.2, 0.25) is 0 Å². The van der Waals surface area contributed by atoms with Crippen molar-refractivity contribution in [3.05, 3.63) is 46.8 Å². The lowest BCUT2D eigenvalue weighted by molar-refractivity contribution is 0.415. The first-order chi connectivity index (χ1) is 8.93. The molecule has 0 atom stereocenters. The summed E-state index contributed by atoms with van der Waals surface area (Å²) in [4.78, 5) is 0. The minimum Gasteiger partial charge on any atom is -0.496 e. The van der Waals surface area contributed by atoms with Gasteiger partial charge in [-0.25, -0.2) is 4.39 Å². The van der Waals surface area contributed by atoms with E-state index in [-0.39, 0.29) is 5.82 Å². The molecule has 2 aromatic rings. The van der Waals surface area contributed by atoms with Crippen molar-refractivity contribution in [2.75, 3.05) is 12.8 Å². The van der Waals surface area contributed by atoms with Crippen molar-refractivity contribution < 1.29 is 9.13 Å². The van der Waals surface area contributed by atoms with Crippen molar-refractivity contribution in [2.24, 2.45) is 0 Å². The standard InChI is InChI=1S/C16H18FNO/c1-9-5-11(3)16(15(6-9)19-4)12-8-14(18)10(2)7-13(12)17/h5-8H,18H2,1-4H3. The third-order valence-corrected chi connectivity index (χ3v) is 3.29. The van der Waals surface area contributed by atoms with E-state index in [0.29, 0.717) is 17.0 Å². The number of rotatable bonds is 2. The normalized spacial score (nSPS) is 10.6. The Bertz CT molecular complexity index is 635. The van der Waals surface area contributed by atoms with Crippen LogP contribution in [-0.2, 0) is 0 Å². The van der Waals surface area contributed by atoms with Crippen LogP contribution in [-0.4, -0.2) is 7.11 Å². The fourth-order valence-electron chi connectivity index (χ4n) is 2.32. The van der Waals surface area contributed by atoms with Crippen LogP contribution in [0.5, 0.6) is 5.75 Å². The van der Waals surface area contributed by atoms with E-state index in [0.717, 1.165) is 22.3 Å². The zero-order chi connectivity index (χ0) is 14.2. The van der Waals surface area contributed by atoms with Gasteiger partial charge in [-0.3, -0.25) is 0 Å². The molecule has 0 aliphatic carbocycles. The molecule has 2 rings (SSSR count). The molecule has 100 valence electrons. The average Bonchev–Trinajstić information content (AvgIpc) is 2.33. The van der Waals surface area contributed by atoms with E-state index in [4.69, 9.17) is 10.5 Å². The number of aryl methyl sites for hydroxylation is 3. The second-order valence-electron chi connectivity index (χ2n) is 4.85. The summed E-state index contributed by atoms with van der Waals surface area (Å²) in [7, 11) is 1.59. The fraction of sp³-hybridized carbons (Fsp3) is 0.250. The molecule has 0 amide bonds. The zero-order valence-corrected chi connectivity index (χ0v) is 11.7. The number of halogens is 1. The molecule has 0 saturated carbocycles. The van der Waals surface area contributed by atoms with Gasteiger partial charge in [0.25, 0.3) is 0 Å². The summed E-state index contributed by atoms with van der Waals surface area (Å²) in [5.41, 5.74) is 10.5. The molecule has 0 aromatic heterocycles. The number of methoxy groups -OCH3 is 1. The predicted molar refractivity (Wildman–Crippen MR) is 77.0 cm³/mol. The summed E-state index contributed by atoms with van der Waals surface area (Å²) in [6.45, 7) is 5.72. The van der Waals surface area contributed by atoms with Gasteiger partial charge < -0.3 is 10.5 Å². The maximum absolute atomic E-state index is 14.2. The largest absolute Gasteiger partial charge is 0.496 e. The second-order valence-corrected chi connectivity index (χ2v) is 4.85. The van der Waals surface area contributed by atoms with Gasteiger partial charge in [0.15, 0.2) is 0 Å². The average molecular weight is 259 g/mol. The highest BCUT2D eigenvalue weighted by Gasteiger charge is 2.15. The summed E-state index contributed by atoms with van der Waals surface area (Å²) >= 11 is 0. The van der Waals surface area contributed by atoms with Gasteiger partial charge in [0.05, 0.1) is 7.11 Å². The number of anilines is 1. The van der Waals surface area contributed by atoms with E-state index in [2.05, 4.69) is 0 Å². The molecule has 0 aliphatic heterocycles. The van der Waals surface area contributed by atoms with Crippen molar-refractivity contribution in [1.82, 2.24) is 0 Å². The molecule has 0 bridgehead atoms. The van der Waals surface area contributed by atoms with Crippen LogP contribution in [0.15, 0.2) is 24.3 Å². The Balaban J connectivity index is 2.75. The summed E-state index contributed by atoms with van der Waals surface area (Å²) < 4.78 is 19.6. The van der Waals surface area contributed by atoms with Crippen LogP contribution in [0.25, 0.3) is 11.1 Å². The Kier molecular flexibility index (Phi) is 3.47. The molecule has 3 heteroatoms. The van der Waals surface area contributed by atoms with Gasteiger partial charge in [0, 0.05) is 16.8 Å². The summed E-state index contributed by atoms with van der Waals surface area (Å²) in [6.07, 6.45) is 0. The zero-order valence-electron chi connectivity index (χ0n) is 11.7. The van der Waals surface area contributed by atoms with Crippen molar-refractivity contribution in [1.29, 1.82) is 0 Å². The highest BCUT2D eigenvalue weighted by atomic mass is 19.1. The van der Waals surface area contributed by atoms with Crippen LogP contribution in [0.1, 0.15) is 16.7 Å². The lowest BCUT2D eigenvalue weighted by Crippen LogP contribution is -1.98. The molecule has 19 heavy (non-hydrogen) atoms. The Morgan fingerprint density at radius 3 is 2.32 bits per heavy atom. The number of nitrogen functional groups attached to an aromatic ring is 1. The monoisotopic (exact) mass is 259 g/mol. The molecule has 2 nitrogen and oxygen atoms in total. The maximum atomic E-state index is 14.2. The molecule has 0 spiro atoms. The predicted octanol–water partition coefficient (Wildman–Crippen LogP) is 4.01. The summed E-state index contributed by atoms with van der Waals surface area (Å²) in [5, 5.41) is 0. The van der Waals surface area contributed by atoms with E-state index < -0.39 is 0 Å². The minimum atomic E-state index is -0.281. The molecule has 0 radical (unpaired) electrons. The van der Waals surface area contributed by atoms with Crippen molar-refractivity contribution in [2.45, 2.75) is 20.8 Å². The van der Waals surface area contributed by atoms with Crippen LogP contribution in [0.3, 0.4) is 0 Å². The summed E-state index contributed by atoms with van der Waals surface area (Å²) in [6, 6.07) is 7.04. The first-order valence-corrected chi connectivity index (χ1v) is 6.15. The molecule has 0 unspecified atom stereocenters. The molecule has 0 saturated heterocycles. The summed E-state index contributed by atoms with van der Waals surface area (Å²) in [5.74, 6) is 0.386. The lowest BCUT2D eigenvalue weighted by atomic mass is 9.95. The maximum Gasteiger partial charge on any atom is 0.131 e. The lowest BCUT2D eigenvalue weighted by Gasteiger charge is -2.15. The number of hydrogen-bond donors (Lipinski definition) is 1. The Morgan fingerprint density at radius 1 is 1.00 bits per heavy atom. The number of benzene rings is 2. The van der Waals surface area contributed by atoms with Crippen LogP contribution in [0.4, 0.5) is 10.1 Å². The van der Waals surface area contributed by atoms with Crippen molar-refractivity contribution in [3.63, 3.8) is 0 Å². The second kappa shape index (κ2) is 4.92. The Morgan fingerprint density at radius 2 is 1.68 bits per heavy atom. The van der Waals surface area contributed by atoms with Crippen LogP contribution < -0.4 is 10.5 Å². The van der Waals surface area contributed by atoms with Gasteiger partial charge in [-0.2, -0.15) is 0 Å². The van der Waals surface area contributed by atoms with Gasteiger partial charge in [0.2, 0.25) is 0 Å². The van der Waals surface area contributed by atoms with Gasteiger partial charge in [-0.05, 0) is 55.7 Å². The number of nitrogens with two attached hydrogens (primary N) is 1. The van der Waals surface area contributed by atoms with E-state index in [1.807, 2.05) is 26.0 Å². The SMILES string of the molecule is COc1cc(C)cc(C)c1-c1cc(N)c(C)cc1F. The van der Waals surface area contributed by atoms with E-state index in [1.54, 1.807) is 20.1 Å². The van der Waals surface area contributed by atoms with E-state index >= 15 is 0 Å². The van der Waals surface area contributed by atoms with Crippen molar-refractivity contribution >= 4 is 5.69 Å². The van der Waals surface area contributed by atoms with Gasteiger partial charge in [-0.1, -0.05) is 6.07 Å². The molecule has 0 fully saturated rings. The number of hydrogen-bond acceptors (Lipinski definition) is 2. The molecule has 2 N–H and O–H groups in total. The smallest absolute Gasteiger partial charge is 0.131 e. The first-order valence-electron chi connectivity index (χ1n) is 6.15. The van der Waals surface area contributed by atoms with Crippen LogP contribution >= 0.6 is 0 Å². The third-order valence-electron chi connectivity index (χ3n) is 3.29. The molecule has 2 aromatic carbocycles. The topological polar surface area (TPSA) is 35.2 Å². The third kappa shape index (κ3) is 2.41. The first kappa shape index (κ1) is 13.4. The highest BCUT2D eigenvalue weighted by molar-refractivity contribution is 5.77. The molecular weight excluding hydrogens is 241 g/mol. The quantitative estimate of drug-likeness (QED) is 0.827.